The van der Waals surface area contributed by atoms with Crippen molar-refractivity contribution in [2.45, 2.75) is 37.2 Å². The number of nitrogens with one attached hydrogen (secondary N) is 1. The van der Waals surface area contributed by atoms with Crippen LogP contribution in [0.3, 0.4) is 0 Å². The fourth-order valence-corrected chi connectivity index (χ4v) is 5.60. The average Bonchev–Trinajstić information content (AvgIpc) is 3.55. The van der Waals surface area contributed by atoms with Crippen molar-refractivity contribution >= 4 is 34.7 Å². The Bertz CT molecular complexity index is 1410. The summed E-state index contributed by atoms with van der Waals surface area (Å²) < 4.78 is 1.94. The van der Waals surface area contributed by atoms with E-state index in [1.807, 2.05) is 61.0 Å². The largest absolute Gasteiger partial charge is 0.324 e. The van der Waals surface area contributed by atoms with E-state index in [1.54, 1.807) is 23.1 Å². The normalized spacial score (nSPS) is 12.1. The number of imidazole rings is 1. The van der Waals surface area contributed by atoms with E-state index in [0.717, 1.165) is 33.7 Å². The van der Waals surface area contributed by atoms with Crippen LogP contribution in [0.25, 0.3) is 22.0 Å². The van der Waals surface area contributed by atoms with Gasteiger partial charge in [-0.1, -0.05) is 61.2 Å². The van der Waals surface area contributed by atoms with E-state index in [1.165, 1.54) is 16.0 Å². The predicted octanol–water partition coefficient (Wildman–Crippen LogP) is 7.30. The molecule has 0 fully saturated rings. The minimum Gasteiger partial charge on any atom is -0.324 e. The second-order valence-corrected chi connectivity index (χ2v) is 10.2. The molecule has 2 aromatic carbocycles. The Kier molecular flexibility index (Phi) is 6.97. The van der Waals surface area contributed by atoms with E-state index in [-0.39, 0.29) is 11.9 Å². The Morgan fingerprint density at radius 1 is 1.06 bits per heavy atom. The van der Waals surface area contributed by atoms with Gasteiger partial charge < -0.3 is 9.88 Å². The summed E-state index contributed by atoms with van der Waals surface area (Å²) in [6.07, 6.45) is 2.56. The highest BCUT2D eigenvalue weighted by Crippen LogP contribution is 2.31. The summed E-state index contributed by atoms with van der Waals surface area (Å²) in [6, 6.07) is 24.1. The van der Waals surface area contributed by atoms with E-state index in [4.69, 9.17) is 9.97 Å². The summed E-state index contributed by atoms with van der Waals surface area (Å²) in [5.41, 5.74) is 5.12. The van der Waals surface area contributed by atoms with Gasteiger partial charge in [0.1, 0.15) is 11.7 Å². The Balaban J connectivity index is 1.35. The molecule has 176 valence electrons. The lowest BCUT2D eigenvalue weighted by Crippen LogP contribution is -2.27. The lowest BCUT2D eigenvalue weighted by atomic mass is 10.1. The SMILES string of the molecule is CCC(C(=O)Nc1ccccc1C)n1cccc2nc(SCc3cccc(-c4cccs4)c3)nc1-2. The molecule has 2 aliphatic heterocycles. The number of hydrogen-bond donors (Lipinski definition) is 1. The summed E-state index contributed by atoms with van der Waals surface area (Å²) >= 11 is 3.36. The number of fused-ring (bicyclic) bond motifs is 1. The van der Waals surface area contributed by atoms with Gasteiger partial charge in [0.2, 0.25) is 5.91 Å². The Morgan fingerprint density at radius 3 is 2.74 bits per heavy atom. The first-order valence-corrected chi connectivity index (χ1v) is 13.5. The molecule has 0 saturated heterocycles. The molecule has 5 rings (SSSR count). The Morgan fingerprint density at radius 2 is 1.94 bits per heavy atom. The van der Waals surface area contributed by atoms with Crippen molar-refractivity contribution in [3.05, 3.63) is 95.5 Å². The Labute approximate surface area is 213 Å². The summed E-state index contributed by atoms with van der Waals surface area (Å²) in [5, 5.41) is 5.90. The third kappa shape index (κ3) is 5.16. The zero-order valence-electron chi connectivity index (χ0n) is 19.6. The first-order valence-electron chi connectivity index (χ1n) is 11.6. The van der Waals surface area contributed by atoms with Gasteiger partial charge in [0, 0.05) is 22.5 Å². The van der Waals surface area contributed by atoms with Crippen molar-refractivity contribution in [2.24, 2.45) is 0 Å². The number of aryl methyl sites for hydroxylation is 1. The van der Waals surface area contributed by atoms with Crippen LogP contribution < -0.4 is 5.32 Å². The van der Waals surface area contributed by atoms with E-state index in [2.05, 4.69) is 47.1 Å². The summed E-state index contributed by atoms with van der Waals surface area (Å²) in [6.45, 7) is 4.01. The summed E-state index contributed by atoms with van der Waals surface area (Å²) in [4.78, 5) is 24.0. The molecule has 0 spiro atoms. The van der Waals surface area contributed by atoms with Gasteiger partial charge in [0.05, 0.1) is 0 Å². The molecular weight excluding hydrogens is 472 g/mol. The molecule has 5 nitrogen and oxygen atoms in total. The van der Waals surface area contributed by atoms with Crippen molar-refractivity contribution < 1.29 is 4.79 Å². The first-order chi connectivity index (χ1) is 17.1. The highest BCUT2D eigenvalue weighted by atomic mass is 32.2. The number of aromatic nitrogens is 3. The molecular formula is C28H26N4OS2. The lowest BCUT2D eigenvalue weighted by Gasteiger charge is -2.21. The number of carbonyl (C=O) groups excluding carboxylic acids is 1. The molecule has 0 saturated carbocycles. The van der Waals surface area contributed by atoms with Crippen LogP contribution in [0.4, 0.5) is 5.69 Å². The van der Waals surface area contributed by atoms with Crippen LogP contribution in [0.15, 0.2) is 89.5 Å². The van der Waals surface area contributed by atoms with Crippen LogP contribution in [-0.2, 0) is 10.5 Å². The van der Waals surface area contributed by atoms with Crippen LogP contribution >= 0.6 is 23.1 Å². The molecule has 1 atom stereocenters. The molecule has 0 radical (unpaired) electrons. The molecule has 0 aliphatic carbocycles. The molecule has 3 heterocycles. The van der Waals surface area contributed by atoms with E-state index in [9.17, 15) is 4.79 Å². The molecule has 2 aliphatic rings. The molecule has 1 unspecified atom stereocenters. The maximum Gasteiger partial charge on any atom is 0.247 e. The quantitative estimate of drug-likeness (QED) is 0.228. The highest BCUT2D eigenvalue weighted by Gasteiger charge is 2.24. The van der Waals surface area contributed by atoms with Gasteiger partial charge in [-0.05, 0) is 65.7 Å². The number of nitrogens with zero attached hydrogens (tertiary/aromatic N) is 3. The molecule has 1 N–H and O–H groups in total. The first kappa shape index (κ1) is 23.3. The predicted molar refractivity (Wildman–Crippen MR) is 145 cm³/mol. The topological polar surface area (TPSA) is 59.8 Å². The zero-order valence-corrected chi connectivity index (χ0v) is 21.3. The number of anilines is 1. The van der Waals surface area contributed by atoms with Crippen molar-refractivity contribution in [3.8, 4) is 22.0 Å². The van der Waals surface area contributed by atoms with Gasteiger partial charge in [-0.25, -0.2) is 9.97 Å². The Hall–Kier alpha value is -3.42. The van der Waals surface area contributed by atoms with Crippen LogP contribution in [0, 0.1) is 6.92 Å². The van der Waals surface area contributed by atoms with Crippen molar-refractivity contribution in [1.29, 1.82) is 0 Å². The van der Waals surface area contributed by atoms with Gasteiger partial charge >= 0.3 is 0 Å². The van der Waals surface area contributed by atoms with Gasteiger partial charge in [-0.2, -0.15) is 0 Å². The third-order valence-electron chi connectivity index (χ3n) is 5.92. The molecule has 3 aromatic rings. The van der Waals surface area contributed by atoms with Gasteiger partial charge in [-0.3, -0.25) is 4.79 Å². The van der Waals surface area contributed by atoms with Crippen LogP contribution in [-0.4, -0.2) is 20.4 Å². The number of pyridine rings is 1. The van der Waals surface area contributed by atoms with Crippen molar-refractivity contribution in [1.82, 2.24) is 14.5 Å². The number of para-hydroxylation sites is 1. The fraction of sp³-hybridized carbons (Fsp3) is 0.179. The lowest BCUT2D eigenvalue weighted by molar-refractivity contribution is -0.119. The molecule has 0 bridgehead atoms. The number of hydrogen-bond acceptors (Lipinski definition) is 5. The number of thioether (sulfide) groups is 1. The van der Waals surface area contributed by atoms with E-state index < -0.39 is 0 Å². The van der Waals surface area contributed by atoms with Gasteiger partial charge in [0.25, 0.3) is 0 Å². The minimum atomic E-state index is -0.379. The second-order valence-electron chi connectivity index (χ2n) is 8.33. The fourth-order valence-electron chi connectivity index (χ4n) is 4.08. The van der Waals surface area contributed by atoms with E-state index >= 15 is 0 Å². The molecule has 35 heavy (non-hydrogen) atoms. The summed E-state index contributed by atoms with van der Waals surface area (Å²) in [5.74, 6) is 1.46. The van der Waals surface area contributed by atoms with Gasteiger partial charge in [0.15, 0.2) is 11.0 Å². The molecule has 7 heteroatoms. The van der Waals surface area contributed by atoms with Crippen LogP contribution in [0.1, 0.15) is 30.5 Å². The number of amides is 1. The molecule has 1 aromatic heterocycles. The van der Waals surface area contributed by atoms with Crippen molar-refractivity contribution in [2.75, 3.05) is 5.32 Å². The zero-order chi connectivity index (χ0) is 24.2. The number of benzene rings is 2. The van der Waals surface area contributed by atoms with Crippen molar-refractivity contribution in [3.63, 3.8) is 0 Å². The summed E-state index contributed by atoms with van der Waals surface area (Å²) in [7, 11) is 0. The second kappa shape index (κ2) is 10.5. The maximum atomic E-state index is 13.2. The molecule has 1 amide bonds. The van der Waals surface area contributed by atoms with Crippen LogP contribution in [0.5, 0.6) is 0 Å². The minimum absolute atomic E-state index is 0.0538. The number of carbonyl (C=O) groups is 1. The standard InChI is InChI=1S/C28H26N4OS2/c1-3-24(27(33)29-22-12-5-4-9-19(22)2)32-15-7-13-23-26(32)31-28(30-23)35-18-20-10-6-11-21(17-20)25-14-8-16-34-25/h4-17,24H,3,18H2,1-2H3,(H,29,33). The third-order valence-corrected chi connectivity index (χ3v) is 7.76. The van der Waals surface area contributed by atoms with E-state index in [0.29, 0.717) is 6.42 Å². The maximum absolute atomic E-state index is 13.2. The smallest absolute Gasteiger partial charge is 0.247 e. The van der Waals surface area contributed by atoms with Crippen LogP contribution in [0.2, 0.25) is 0 Å². The number of rotatable bonds is 8. The number of thiophene rings is 1. The highest BCUT2D eigenvalue weighted by molar-refractivity contribution is 7.98. The average molecular weight is 499 g/mol. The monoisotopic (exact) mass is 498 g/mol. The van der Waals surface area contributed by atoms with Gasteiger partial charge in [-0.15, -0.1) is 11.3 Å².